The zero-order chi connectivity index (χ0) is 17.5. The molecule has 0 aliphatic carbocycles. The quantitative estimate of drug-likeness (QED) is 0.844. The van der Waals surface area contributed by atoms with Gasteiger partial charge < -0.3 is 10.4 Å². The number of amides is 1. The maximum absolute atomic E-state index is 13.4. The first-order valence-corrected chi connectivity index (χ1v) is 7.76. The zero-order valence-electron chi connectivity index (χ0n) is 12.8. The van der Waals surface area contributed by atoms with Crippen LogP contribution in [0.1, 0.15) is 29.2 Å². The van der Waals surface area contributed by atoms with Gasteiger partial charge in [0, 0.05) is 13.0 Å². The summed E-state index contributed by atoms with van der Waals surface area (Å²) in [5, 5.41) is 21.3. The van der Waals surface area contributed by atoms with Crippen LogP contribution in [0, 0.1) is 17.1 Å². The molecule has 0 spiro atoms. The number of halogens is 2. The van der Waals surface area contributed by atoms with Crippen LogP contribution >= 0.6 is 11.6 Å². The molecule has 1 atom stereocenters. The number of nitrogens with zero attached hydrogens (tertiary/aromatic N) is 1. The Labute approximate surface area is 144 Å². The molecule has 0 aliphatic rings. The summed E-state index contributed by atoms with van der Waals surface area (Å²) in [7, 11) is 0. The number of aliphatic hydroxyl groups is 1. The molecule has 0 aromatic heterocycles. The topological polar surface area (TPSA) is 73.1 Å². The van der Waals surface area contributed by atoms with Gasteiger partial charge in [-0.3, -0.25) is 4.79 Å². The minimum absolute atomic E-state index is 0.00667. The Morgan fingerprint density at radius 3 is 2.62 bits per heavy atom. The van der Waals surface area contributed by atoms with Crippen molar-refractivity contribution in [2.24, 2.45) is 0 Å². The molecule has 2 N–H and O–H groups in total. The fourth-order valence-electron chi connectivity index (χ4n) is 2.14. The van der Waals surface area contributed by atoms with E-state index < -0.39 is 11.9 Å². The van der Waals surface area contributed by atoms with Gasteiger partial charge in [0.1, 0.15) is 5.82 Å². The first-order chi connectivity index (χ1) is 11.5. The number of carbonyl (C=O) groups excluding carboxylic acids is 1. The van der Waals surface area contributed by atoms with E-state index in [0.717, 1.165) is 11.6 Å². The SMILES string of the molecule is N#Cc1ccc(CCC(=O)NCC(O)c2ccc(Cl)c(F)c2)cc1. The number of hydrogen-bond donors (Lipinski definition) is 2. The molecule has 124 valence electrons. The average Bonchev–Trinajstić information content (AvgIpc) is 2.60. The highest BCUT2D eigenvalue weighted by Gasteiger charge is 2.12. The van der Waals surface area contributed by atoms with Crippen LogP contribution in [0.25, 0.3) is 0 Å². The van der Waals surface area contributed by atoms with Gasteiger partial charge in [0.15, 0.2) is 0 Å². The number of carbonyl (C=O) groups is 1. The highest BCUT2D eigenvalue weighted by molar-refractivity contribution is 6.30. The van der Waals surface area contributed by atoms with Crippen molar-refractivity contribution in [1.29, 1.82) is 5.26 Å². The van der Waals surface area contributed by atoms with E-state index in [1.165, 1.54) is 12.1 Å². The summed E-state index contributed by atoms with van der Waals surface area (Å²) in [5.74, 6) is -0.826. The fourth-order valence-corrected chi connectivity index (χ4v) is 2.26. The van der Waals surface area contributed by atoms with Crippen LogP contribution in [0.4, 0.5) is 4.39 Å². The van der Waals surface area contributed by atoms with Crippen LogP contribution in [0.5, 0.6) is 0 Å². The van der Waals surface area contributed by atoms with Gasteiger partial charge in [-0.15, -0.1) is 0 Å². The fraction of sp³-hybridized carbons (Fsp3) is 0.222. The lowest BCUT2D eigenvalue weighted by atomic mass is 10.1. The van der Waals surface area contributed by atoms with E-state index in [1.807, 2.05) is 6.07 Å². The van der Waals surface area contributed by atoms with E-state index in [-0.39, 0.29) is 23.9 Å². The van der Waals surface area contributed by atoms with E-state index in [1.54, 1.807) is 24.3 Å². The van der Waals surface area contributed by atoms with Gasteiger partial charge in [0.05, 0.1) is 22.8 Å². The summed E-state index contributed by atoms with van der Waals surface area (Å²) in [6, 6.07) is 13.1. The second-order valence-corrected chi connectivity index (χ2v) is 5.71. The van der Waals surface area contributed by atoms with E-state index >= 15 is 0 Å². The van der Waals surface area contributed by atoms with Crippen LogP contribution in [-0.2, 0) is 11.2 Å². The highest BCUT2D eigenvalue weighted by Crippen LogP contribution is 2.19. The van der Waals surface area contributed by atoms with Crippen molar-refractivity contribution in [3.63, 3.8) is 0 Å². The van der Waals surface area contributed by atoms with Crippen molar-refractivity contribution in [3.05, 3.63) is 70.0 Å². The average molecular weight is 347 g/mol. The lowest BCUT2D eigenvalue weighted by Gasteiger charge is -2.13. The van der Waals surface area contributed by atoms with Gasteiger partial charge in [0.2, 0.25) is 5.91 Å². The maximum Gasteiger partial charge on any atom is 0.220 e. The van der Waals surface area contributed by atoms with Gasteiger partial charge in [-0.2, -0.15) is 5.26 Å². The van der Waals surface area contributed by atoms with Crippen molar-refractivity contribution in [2.75, 3.05) is 6.54 Å². The lowest BCUT2D eigenvalue weighted by Crippen LogP contribution is -2.28. The predicted octanol–water partition coefficient (Wildman–Crippen LogP) is 3.13. The summed E-state index contributed by atoms with van der Waals surface area (Å²) >= 11 is 5.59. The molecule has 0 heterocycles. The van der Waals surface area contributed by atoms with Crippen LogP contribution in [0.15, 0.2) is 42.5 Å². The Bertz CT molecular complexity index is 757. The molecule has 0 radical (unpaired) electrons. The summed E-state index contributed by atoms with van der Waals surface area (Å²) in [6.07, 6.45) is -0.216. The van der Waals surface area contributed by atoms with Crippen LogP contribution < -0.4 is 5.32 Å². The van der Waals surface area contributed by atoms with E-state index in [2.05, 4.69) is 5.32 Å². The molecular formula is C18H16ClFN2O2. The molecule has 0 fully saturated rings. The molecule has 2 aromatic carbocycles. The Hall–Kier alpha value is -2.42. The highest BCUT2D eigenvalue weighted by atomic mass is 35.5. The van der Waals surface area contributed by atoms with Crippen molar-refractivity contribution >= 4 is 17.5 Å². The second kappa shape index (κ2) is 8.44. The minimum atomic E-state index is -1.00. The lowest BCUT2D eigenvalue weighted by molar-refractivity contribution is -0.121. The van der Waals surface area contributed by atoms with Gasteiger partial charge >= 0.3 is 0 Å². The molecule has 1 amide bonds. The van der Waals surface area contributed by atoms with Gasteiger partial charge in [-0.05, 0) is 41.8 Å². The third-order valence-corrected chi connectivity index (χ3v) is 3.85. The molecule has 0 saturated heterocycles. The normalized spacial score (nSPS) is 11.6. The summed E-state index contributed by atoms with van der Waals surface area (Å²) in [5.41, 5.74) is 1.87. The van der Waals surface area contributed by atoms with Gasteiger partial charge in [-0.1, -0.05) is 29.8 Å². The van der Waals surface area contributed by atoms with E-state index in [4.69, 9.17) is 16.9 Å². The molecule has 0 saturated carbocycles. The Kier molecular flexibility index (Phi) is 6.30. The number of benzene rings is 2. The van der Waals surface area contributed by atoms with Crippen molar-refractivity contribution in [3.8, 4) is 6.07 Å². The molecule has 2 rings (SSSR count). The number of aryl methyl sites for hydroxylation is 1. The van der Waals surface area contributed by atoms with E-state index in [0.29, 0.717) is 17.5 Å². The third-order valence-electron chi connectivity index (χ3n) is 3.54. The Balaban J connectivity index is 1.79. The second-order valence-electron chi connectivity index (χ2n) is 5.30. The van der Waals surface area contributed by atoms with Crippen LogP contribution in [0.2, 0.25) is 5.02 Å². The number of nitriles is 1. The summed E-state index contributed by atoms with van der Waals surface area (Å²) in [6.45, 7) is -0.00667. The molecular weight excluding hydrogens is 331 g/mol. The standard InChI is InChI=1S/C18H16ClFN2O2/c19-15-7-6-14(9-16(15)20)17(23)11-22-18(24)8-5-12-1-3-13(10-21)4-2-12/h1-4,6-7,9,17,23H,5,8,11H2,(H,22,24). The van der Waals surface area contributed by atoms with Crippen LogP contribution in [-0.4, -0.2) is 17.6 Å². The number of hydrogen-bond acceptors (Lipinski definition) is 3. The molecule has 24 heavy (non-hydrogen) atoms. The molecule has 1 unspecified atom stereocenters. The number of rotatable bonds is 6. The minimum Gasteiger partial charge on any atom is -0.387 e. The smallest absolute Gasteiger partial charge is 0.220 e. The Morgan fingerprint density at radius 1 is 1.29 bits per heavy atom. The van der Waals surface area contributed by atoms with Crippen LogP contribution in [0.3, 0.4) is 0 Å². The zero-order valence-corrected chi connectivity index (χ0v) is 13.6. The largest absolute Gasteiger partial charge is 0.387 e. The molecule has 4 nitrogen and oxygen atoms in total. The van der Waals surface area contributed by atoms with Gasteiger partial charge in [0.25, 0.3) is 0 Å². The molecule has 2 aromatic rings. The number of aliphatic hydroxyl groups excluding tert-OH is 1. The monoisotopic (exact) mass is 346 g/mol. The Morgan fingerprint density at radius 2 is 2.00 bits per heavy atom. The van der Waals surface area contributed by atoms with Gasteiger partial charge in [-0.25, -0.2) is 4.39 Å². The summed E-state index contributed by atoms with van der Waals surface area (Å²) < 4.78 is 13.4. The first kappa shape index (κ1) is 17.9. The number of nitrogens with one attached hydrogen (secondary N) is 1. The first-order valence-electron chi connectivity index (χ1n) is 7.38. The van der Waals surface area contributed by atoms with Crippen molar-refractivity contribution in [2.45, 2.75) is 18.9 Å². The molecule has 0 aliphatic heterocycles. The molecule has 0 bridgehead atoms. The van der Waals surface area contributed by atoms with Crippen molar-refractivity contribution < 1.29 is 14.3 Å². The van der Waals surface area contributed by atoms with E-state index in [9.17, 15) is 14.3 Å². The molecule has 6 heteroatoms. The third kappa shape index (κ3) is 5.05. The maximum atomic E-state index is 13.4. The predicted molar refractivity (Wildman–Crippen MR) is 88.9 cm³/mol. The van der Waals surface area contributed by atoms with Crippen molar-refractivity contribution in [1.82, 2.24) is 5.32 Å². The summed E-state index contributed by atoms with van der Waals surface area (Å²) in [4.78, 5) is 11.8.